The van der Waals surface area contributed by atoms with E-state index < -0.39 is 0 Å². The highest BCUT2D eigenvalue weighted by Crippen LogP contribution is 2.12. The Labute approximate surface area is 125 Å². The molecule has 0 spiro atoms. The summed E-state index contributed by atoms with van der Waals surface area (Å²) in [4.78, 5) is 4.02. The summed E-state index contributed by atoms with van der Waals surface area (Å²) in [6, 6.07) is 9.80. The summed E-state index contributed by atoms with van der Waals surface area (Å²) < 4.78 is 7.38. The number of nitrogens with zero attached hydrogens (tertiary/aromatic N) is 3. The lowest BCUT2D eigenvalue weighted by atomic mass is 10.2. The van der Waals surface area contributed by atoms with Crippen molar-refractivity contribution in [1.29, 1.82) is 5.26 Å². The highest BCUT2D eigenvalue weighted by atomic mass is 16.5. The molecule has 0 aliphatic rings. The minimum atomic E-state index is 0.0884. The number of aryl methyl sites for hydroxylation is 1. The fourth-order valence-electron chi connectivity index (χ4n) is 2.06. The first-order valence-corrected chi connectivity index (χ1v) is 7.13. The van der Waals surface area contributed by atoms with Crippen LogP contribution in [0.15, 0.2) is 43.0 Å². The highest BCUT2D eigenvalue weighted by molar-refractivity contribution is 5.28. The molecule has 0 bridgehead atoms. The first-order valence-electron chi connectivity index (χ1n) is 7.13. The standard InChI is InChI=1S/C16H20N4O/c17-6-11-21-16-5-3-4-15(12-16)13-18-7-1-2-9-20-10-8-19-14-20/h3-5,8,10,12,14,18H,1-2,7,9,11,13H2. The molecule has 0 saturated heterocycles. The van der Waals surface area contributed by atoms with E-state index in [9.17, 15) is 0 Å². The van der Waals surface area contributed by atoms with Crippen LogP contribution in [0, 0.1) is 11.3 Å². The summed E-state index contributed by atoms with van der Waals surface area (Å²) >= 11 is 0. The van der Waals surface area contributed by atoms with Gasteiger partial charge in [-0.3, -0.25) is 0 Å². The van der Waals surface area contributed by atoms with E-state index in [1.807, 2.05) is 36.8 Å². The Morgan fingerprint density at radius 1 is 1.33 bits per heavy atom. The highest BCUT2D eigenvalue weighted by Gasteiger charge is 1.97. The topological polar surface area (TPSA) is 62.9 Å². The Balaban J connectivity index is 1.61. The molecular weight excluding hydrogens is 264 g/mol. The zero-order valence-electron chi connectivity index (χ0n) is 12.0. The van der Waals surface area contributed by atoms with Gasteiger partial charge in [-0.1, -0.05) is 12.1 Å². The van der Waals surface area contributed by atoms with Crippen molar-refractivity contribution in [3.8, 4) is 11.8 Å². The quantitative estimate of drug-likeness (QED) is 0.718. The van der Waals surface area contributed by atoms with Crippen molar-refractivity contribution in [2.24, 2.45) is 0 Å². The Morgan fingerprint density at radius 2 is 2.29 bits per heavy atom. The van der Waals surface area contributed by atoms with Crippen LogP contribution in [0.25, 0.3) is 0 Å². The molecule has 0 atom stereocenters. The smallest absolute Gasteiger partial charge is 0.174 e. The van der Waals surface area contributed by atoms with E-state index in [4.69, 9.17) is 10.00 Å². The van der Waals surface area contributed by atoms with E-state index in [1.54, 1.807) is 6.20 Å². The van der Waals surface area contributed by atoms with Gasteiger partial charge in [0.15, 0.2) is 6.61 Å². The number of hydrogen-bond acceptors (Lipinski definition) is 4. The molecule has 1 heterocycles. The fourth-order valence-corrected chi connectivity index (χ4v) is 2.06. The Hall–Kier alpha value is -2.32. The third-order valence-corrected chi connectivity index (χ3v) is 3.11. The van der Waals surface area contributed by atoms with Crippen LogP contribution >= 0.6 is 0 Å². The molecule has 0 fully saturated rings. The molecule has 0 aliphatic heterocycles. The molecule has 110 valence electrons. The van der Waals surface area contributed by atoms with Crippen molar-refractivity contribution in [2.75, 3.05) is 13.2 Å². The predicted molar refractivity (Wildman–Crippen MR) is 80.7 cm³/mol. The predicted octanol–water partition coefficient (Wildman–Crippen LogP) is 2.36. The van der Waals surface area contributed by atoms with Crippen molar-refractivity contribution in [2.45, 2.75) is 25.9 Å². The van der Waals surface area contributed by atoms with Crippen LogP contribution in [-0.2, 0) is 13.1 Å². The minimum absolute atomic E-state index is 0.0884. The molecule has 2 aromatic rings. The second kappa shape index (κ2) is 8.77. The number of benzene rings is 1. The van der Waals surface area contributed by atoms with Gasteiger partial charge in [-0.15, -0.1) is 0 Å². The van der Waals surface area contributed by atoms with Crippen molar-refractivity contribution in [3.05, 3.63) is 48.5 Å². The SMILES string of the molecule is N#CCOc1cccc(CNCCCCn2ccnc2)c1. The third-order valence-electron chi connectivity index (χ3n) is 3.11. The molecule has 2 rings (SSSR count). The molecule has 0 aliphatic carbocycles. The third kappa shape index (κ3) is 5.67. The molecule has 5 heteroatoms. The number of unbranched alkanes of at least 4 members (excludes halogenated alkanes) is 1. The number of rotatable bonds is 9. The lowest BCUT2D eigenvalue weighted by Crippen LogP contribution is -2.15. The van der Waals surface area contributed by atoms with E-state index in [0.717, 1.165) is 38.2 Å². The van der Waals surface area contributed by atoms with Gasteiger partial charge in [-0.05, 0) is 37.1 Å². The van der Waals surface area contributed by atoms with E-state index in [1.165, 1.54) is 5.56 Å². The van der Waals surface area contributed by atoms with Crippen LogP contribution < -0.4 is 10.1 Å². The van der Waals surface area contributed by atoms with Crippen LogP contribution in [-0.4, -0.2) is 22.7 Å². The average Bonchev–Trinajstić information content (AvgIpc) is 3.02. The molecule has 1 aromatic heterocycles. The molecule has 0 unspecified atom stereocenters. The number of hydrogen-bond donors (Lipinski definition) is 1. The maximum Gasteiger partial charge on any atom is 0.174 e. The van der Waals surface area contributed by atoms with Crippen LogP contribution in [0.5, 0.6) is 5.75 Å². The molecule has 5 nitrogen and oxygen atoms in total. The first kappa shape index (κ1) is 15.1. The van der Waals surface area contributed by atoms with Gasteiger partial charge in [0.05, 0.1) is 6.33 Å². The molecule has 1 N–H and O–H groups in total. The molecule has 0 radical (unpaired) electrons. The Bertz CT molecular complexity index is 560. The normalized spacial score (nSPS) is 10.2. The Kier molecular flexibility index (Phi) is 6.30. The Morgan fingerprint density at radius 3 is 3.10 bits per heavy atom. The molecular formula is C16H20N4O. The van der Waals surface area contributed by atoms with Crippen molar-refractivity contribution >= 4 is 0 Å². The molecule has 0 saturated carbocycles. The number of ether oxygens (including phenoxy) is 1. The van der Waals surface area contributed by atoms with Gasteiger partial charge in [-0.25, -0.2) is 4.98 Å². The number of nitrogens with one attached hydrogen (secondary N) is 1. The maximum atomic E-state index is 8.50. The molecule has 0 amide bonds. The average molecular weight is 284 g/mol. The van der Waals surface area contributed by atoms with E-state index in [-0.39, 0.29) is 6.61 Å². The number of aromatic nitrogens is 2. The van der Waals surface area contributed by atoms with E-state index in [0.29, 0.717) is 0 Å². The number of nitriles is 1. The second-order valence-corrected chi connectivity index (χ2v) is 4.78. The van der Waals surface area contributed by atoms with E-state index in [2.05, 4.69) is 20.9 Å². The summed E-state index contributed by atoms with van der Waals surface area (Å²) in [5.74, 6) is 0.746. The van der Waals surface area contributed by atoms with Crippen molar-refractivity contribution < 1.29 is 4.74 Å². The minimum Gasteiger partial charge on any atom is -0.479 e. The van der Waals surface area contributed by atoms with Crippen LogP contribution in [0.4, 0.5) is 0 Å². The summed E-state index contributed by atoms with van der Waals surface area (Å²) in [6.45, 7) is 2.90. The van der Waals surface area contributed by atoms with Crippen LogP contribution in [0.1, 0.15) is 18.4 Å². The summed E-state index contributed by atoms with van der Waals surface area (Å²) in [7, 11) is 0. The lowest BCUT2D eigenvalue weighted by molar-refractivity contribution is 0.367. The number of imidazole rings is 1. The molecule has 1 aromatic carbocycles. The zero-order chi connectivity index (χ0) is 14.8. The second-order valence-electron chi connectivity index (χ2n) is 4.78. The van der Waals surface area contributed by atoms with Crippen LogP contribution in [0.3, 0.4) is 0 Å². The first-order chi connectivity index (χ1) is 10.4. The van der Waals surface area contributed by atoms with Crippen molar-refractivity contribution in [3.63, 3.8) is 0 Å². The van der Waals surface area contributed by atoms with Crippen molar-refractivity contribution in [1.82, 2.24) is 14.9 Å². The largest absolute Gasteiger partial charge is 0.479 e. The zero-order valence-corrected chi connectivity index (χ0v) is 12.0. The monoisotopic (exact) mass is 284 g/mol. The van der Waals surface area contributed by atoms with Gasteiger partial charge in [0.25, 0.3) is 0 Å². The summed E-state index contributed by atoms with van der Waals surface area (Å²) in [6.07, 6.45) is 7.90. The lowest BCUT2D eigenvalue weighted by Gasteiger charge is -2.07. The van der Waals surface area contributed by atoms with Gasteiger partial charge in [0.1, 0.15) is 11.8 Å². The van der Waals surface area contributed by atoms with Crippen LogP contribution in [0.2, 0.25) is 0 Å². The van der Waals surface area contributed by atoms with Gasteiger partial charge in [0, 0.05) is 25.5 Å². The fraction of sp³-hybridized carbons (Fsp3) is 0.375. The summed E-state index contributed by atoms with van der Waals surface area (Å²) in [5.41, 5.74) is 1.17. The van der Waals surface area contributed by atoms with Gasteiger partial charge in [-0.2, -0.15) is 5.26 Å². The summed E-state index contributed by atoms with van der Waals surface area (Å²) in [5, 5.41) is 11.9. The van der Waals surface area contributed by atoms with E-state index >= 15 is 0 Å². The molecule has 21 heavy (non-hydrogen) atoms. The van der Waals surface area contributed by atoms with Gasteiger partial charge in [0.2, 0.25) is 0 Å². The maximum absolute atomic E-state index is 8.50. The van der Waals surface area contributed by atoms with Gasteiger partial charge < -0.3 is 14.6 Å². The van der Waals surface area contributed by atoms with Gasteiger partial charge >= 0.3 is 0 Å².